The topological polar surface area (TPSA) is 38.3 Å². The van der Waals surface area contributed by atoms with Gasteiger partial charge in [0.25, 0.3) is 0 Å². The number of ether oxygens (including phenoxy) is 1. The molecule has 1 N–H and O–H groups in total. The van der Waals surface area contributed by atoms with Gasteiger partial charge in [0, 0.05) is 26.2 Å². The maximum absolute atomic E-state index is 11.5. The van der Waals surface area contributed by atoms with Crippen LogP contribution in [0.25, 0.3) is 0 Å². The molecule has 1 heterocycles. The molecule has 3 heteroatoms. The van der Waals surface area contributed by atoms with Crippen LogP contribution in [-0.4, -0.2) is 25.7 Å². The molecule has 0 spiro atoms. The summed E-state index contributed by atoms with van der Waals surface area (Å²) in [6, 6.07) is 0. The fourth-order valence-corrected chi connectivity index (χ4v) is 1.60. The maximum atomic E-state index is 11.5. The average molecular weight is 199 g/mol. The van der Waals surface area contributed by atoms with Gasteiger partial charge in [0.2, 0.25) is 5.91 Å². The second-order valence-corrected chi connectivity index (χ2v) is 4.46. The zero-order valence-electron chi connectivity index (χ0n) is 9.21. The molecular weight excluding hydrogens is 178 g/mol. The van der Waals surface area contributed by atoms with Crippen molar-refractivity contribution >= 4 is 5.91 Å². The number of carbonyl (C=O) groups is 1. The molecule has 0 saturated carbocycles. The van der Waals surface area contributed by atoms with Crippen LogP contribution in [0.3, 0.4) is 0 Å². The number of amides is 1. The van der Waals surface area contributed by atoms with E-state index in [2.05, 4.69) is 19.2 Å². The molecule has 3 nitrogen and oxygen atoms in total. The summed E-state index contributed by atoms with van der Waals surface area (Å²) in [7, 11) is 0. The highest BCUT2D eigenvalue weighted by Gasteiger charge is 2.17. The first-order chi connectivity index (χ1) is 6.68. The van der Waals surface area contributed by atoms with Gasteiger partial charge in [-0.25, -0.2) is 0 Å². The second-order valence-electron chi connectivity index (χ2n) is 4.46. The number of hydrogen-bond donors (Lipinski definition) is 1. The standard InChI is InChI=1S/C11H21NO2/c1-9(2)8-12-11(13)7-10-3-5-14-6-4-10/h9-10H,3-8H2,1-2H3,(H,12,13). The van der Waals surface area contributed by atoms with Crippen molar-refractivity contribution in [1.29, 1.82) is 0 Å². The SMILES string of the molecule is CC(C)CNC(=O)CC1CCOCC1. The Kier molecular flexibility index (Phi) is 4.94. The Morgan fingerprint density at radius 1 is 1.43 bits per heavy atom. The molecule has 0 aromatic heterocycles. The number of rotatable bonds is 4. The molecule has 1 rings (SSSR count). The first-order valence-corrected chi connectivity index (χ1v) is 5.53. The normalized spacial score (nSPS) is 18.5. The smallest absolute Gasteiger partial charge is 0.220 e. The Labute approximate surface area is 86.2 Å². The van der Waals surface area contributed by atoms with Crippen LogP contribution in [0.15, 0.2) is 0 Å². The average Bonchev–Trinajstić information content (AvgIpc) is 2.16. The summed E-state index contributed by atoms with van der Waals surface area (Å²) in [5.41, 5.74) is 0. The summed E-state index contributed by atoms with van der Waals surface area (Å²) in [5, 5.41) is 2.95. The van der Waals surface area contributed by atoms with Gasteiger partial charge >= 0.3 is 0 Å². The van der Waals surface area contributed by atoms with E-state index in [-0.39, 0.29) is 5.91 Å². The van der Waals surface area contributed by atoms with Gasteiger partial charge in [-0.15, -0.1) is 0 Å². The molecule has 0 unspecified atom stereocenters. The van der Waals surface area contributed by atoms with Crippen molar-refractivity contribution < 1.29 is 9.53 Å². The molecule has 1 amide bonds. The molecule has 14 heavy (non-hydrogen) atoms. The van der Waals surface area contributed by atoms with E-state index in [0.29, 0.717) is 18.3 Å². The minimum Gasteiger partial charge on any atom is -0.381 e. The first kappa shape index (κ1) is 11.5. The number of nitrogens with one attached hydrogen (secondary N) is 1. The molecule has 82 valence electrons. The Balaban J connectivity index is 2.12. The lowest BCUT2D eigenvalue weighted by Gasteiger charge is -2.21. The minimum absolute atomic E-state index is 0.200. The highest BCUT2D eigenvalue weighted by atomic mass is 16.5. The van der Waals surface area contributed by atoms with Gasteiger partial charge in [-0.3, -0.25) is 4.79 Å². The summed E-state index contributed by atoms with van der Waals surface area (Å²) in [6.45, 7) is 6.65. The van der Waals surface area contributed by atoms with Crippen LogP contribution >= 0.6 is 0 Å². The predicted octanol–water partition coefficient (Wildman–Crippen LogP) is 1.58. The van der Waals surface area contributed by atoms with E-state index >= 15 is 0 Å². The molecule has 0 aromatic carbocycles. The molecule has 1 aliphatic rings. The van der Waals surface area contributed by atoms with Crippen molar-refractivity contribution in [2.24, 2.45) is 11.8 Å². The van der Waals surface area contributed by atoms with Crippen molar-refractivity contribution in [3.63, 3.8) is 0 Å². The Bertz CT molecular complexity index is 174. The predicted molar refractivity (Wildman–Crippen MR) is 56.0 cm³/mol. The van der Waals surface area contributed by atoms with Crippen molar-refractivity contribution in [1.82, 2.24) is 5.32 Å². The summed E-state index contributed by atoms with van der Waals surface area (Å²) >= 11 is 0. The lowest BCUT2D eigenvalue weighted by atomic mass is 9.96. The van der Waals surface area contributed by atoms with Crippen LogP contribution in [0.5, 0.6) is 0 Å². The number of hydrogen-bond acceptors (Lipinski definition) is 2. The van der Waals surface area contributed by atoms with Gasteiger partial charge in [0.15, 0.2) is 0 Å². The zero-order chi connectivity index (χ0) is 10.4. The Hall–Kier alpha value is -0.570. The van der Waals surface area contributed by atoms with Crippen LogP contribution in [0, 0.1) is 11.8 Å². The molecule has 1 fully saturated rings. The Morgan fingerprint density at radius 3 is 2.64 bits per heavy atom. The zero-order valence-corrected chi connectivity index (χ0v) is 9.21. The largest absolute Gasteiger partial charge is 0.381 e. The Morgan fingerprint density at radius 2 is 2.07 bits per heavy atom. The van der Waals surface area contributed by atoms with E-state index in [1.807, 2.05) is 0 Å². The highest BCUT2D eigenvalue weighted by molar-refractivity contribution is 5.76. The molecule has 0 aliphatic carbocycles. The van der Waals surface area contributed by atoms with Crippen molar-refractivity contribution in [3.8, 4) is 0 Å². The van der Waals surface area contributed by atoms with Gasteiger partial charge in [-0.2, -0.15) is 0 Å². The summed E-state index contributed by atoms with van der Waals surface area (Å²) < 4.78 is 5.25. The molecule has 1 aliphatic heterocycles. The summed E-state index contributed by atoms with van der Waals surface area (Å²) in [4.78, 5) is 11.5. The van der Waals surface area contributed by atoms with E-state index in [1.165, 1.54) is 0 Å². The van der Waals surface area contributed by atoms with E-state index in [1.54, 1.807) is 0 Å². The van der Waals surface area contributed by atoms with Crippen molar-refractivity contribution in [3.05, 3.63) is 0 Å². The third-order valence-corrected chi connectivity index (χ3v) is 2.52. The molecule has 0 aromatic rings. The fraction of sp³-hybridized carbons (Fsp3) is 0.909. The van der Waals surface area contributed by atoms with E-state index in [0.717, 1.165) is 32.6 Å². The van der Waals surface area contributed by atoms with E-state index in [9.17, 15) is 4.79 Å². The van der Waals surface area contributed by atoms with Gasteiger partial charge in [0.1, 0.15) is 0 Å². The highest BCUT2D eigenvalue weighted by Crippen LogP contribution is 2.17. The van der Waals surface area contributed by atoms with Gasteiger partial charge in [0.05, 0.1) is 0 Å². The van der Waals surface area contributed by atoms with Crippen LogP contribution in [0.1, 0.15) is 33.1 Å². The molecular formula is C11H21NO2. The van der Waals surface area contributed by atoms with Crippen LogP contribution in [0.2, 0.25) is 0 Å². The molecule has 0 bridgehead atoms. The van der Waals surface area contributed by atoms with Crippen molar-refractivity contribution in [2.75, 3.05) is 19.8 Å². The number of carbonyl (C=O) groups excluding carboxylic acids is 1. The lowest BCUT2D eigenvalue weighted by molar-refractivity contribution is -0.122. The monoisotopic (exact) mass is 199 g/mol. The molecule has 1 saturated heterocycles. The summed E-state index contributed by atoms with van der Waals surface area (Å²) in [6.07, 6.45) is 2.75. The van der Waals surface area contributed by atoms with Crippen LogP contribution in [-0.2, 0) is 9.53 Å². The van der Waals surface area contributed by atoms with Gasteiger partial charge in [-0.1, -0.05) is 13.8 Å². The van der Waals surface area contributed by atoms with Crippen molar-refractivity contribution in [2.45, 2.75) is 33.1 Å². The third-order valence-electron chi connectivity index (χ3n) is 2.52. The first-order valence-electron chi connectivity index (χ1n) is 5.53. The van der Waals surface area contributed by atoms with Gasteiger partial charge in [-0.05, 0) is 24.7 Å². The molecule has 0 radical (unpaired) electrons. The molecule has 0 atom stereocenters. The van der Waals surface area contributed by atoms with E-state index in [4.69, 9.17) is 4.74 Å². The second kappa shape index (κ2) is 6.02. The van der Waals surface area contributed by atoms with Crippen LogP contribution < -0.4 is 5.32 Å². The minimum atomic E-state index is 0.200. The van der Waals surface area contributed by atoms with Crippen LogP contribution in [0.4, 0.5) is 0 Å². The fourth-order valence-electron chi connectivity index (χ4n) is 1.60. The third kappa shape index (κ3) is 4.61. The van der Waals surface area contributed by atoms with E-state index < -0.39 is 0 Å². The maximum Gasteiger partial charge on any atom is 0.220 e. The summed E-state index contributed by atoms with van der Waals surface area (Å²) in [5.74, 6) is 1.27. The van der Waals surface area contributed by atoms with Gasteiger partial charge < -0.3 is 10.1 Å². The lowest BCUT2D eigenvalue weighted by Crippen LogP contribution is -2.30. The quantitative estimate of drug-likeness (QED) is 0.746.